The lowest BCUT2D eigenvalue weighted by Gasteiger charge is -2.19. The molecule has 3 nitrogen and oxygen atoms in total. The van der Waals surface area contributed by atoms with Gasteiger partial charge < -0.3 is 5.32 Å². The van der Waals surface area contributed by atoms with E-state index >= 15 is 0 Å². The van der Waals surface area contributed by atoms with Crippen LogP contribution in [0, 0.1) is 0 Å². The van der Waals surface area contributed by atoms with Gasteiger partial charge in [0.2, 0.25) is 0 Å². The highest BCUT2D eigenvalue weighted by atomic mass is 32.2. The van der Waals surface area contributed by atoms with Crippen LogP contribution in [-0.2, 0) is 9.84 Å². The molecule has 4 heteroatoms. The Morgan fingerprint density at radius 3 is 2.10 bits per heavy atom. The van der Waals surface area contributed by atoms with Crippen molar-refractivity contribution in [3.63, 3.8) is 0 Å². The van der Waals surface area contributed by atoms with Crippen molar-refractivity contribution in [1.29, 1.82) is 0 Å². The molecule has 0 amide bonds. The molecule has 1 N–H and O–H groups in total. The Bertz CT molecular complexity index is 664. The lowest BCUT2D eigenvalue weighted by molar-refractivity contribution is 0.597. The first-order valence-corrected chi connectivity index (χ1v) is 8.86. The van der Waals surface area contributed by atoms with Gasteiger partial charge in [0.25, 0.3) is 0 Å². The molecule has 2 rings (SSSR count). The SMILES string of the molecule is CCC(Nc1ccc(S(=O)(=O)CC)cc1)c1ccccc1. The summed E-state index contributed by atoms with van der Waals surface area (Å²) < 4.78 is 23.6. The Balaban J connectivity index is 2.16. The first-order chi connectivity index (χ1) is 10.1. The van der Waals surface area contributed by atoms with Crippen molar-refractivity contribution in [2.75, 3.05) is 11.1 Å². The average Bonchev–Trinajstić information content (AvgIpc) is 2.54. The Kier molecular flexibility index (Phi) is 5.02. The summed E-state index contributed by atoms with van der Waals surface area (Å²) >= 11 is 0. The summed E-state index contributed by atoms with van der Waals surface area (Å²) in [6, 6.07) is 17.4. The van der Waals surface area contributed by atoms with Crippen LogP contribution in [0.1, 0.15) is 31.9 Å². The standard InChI is InChI=1S/C17H21NO2S/c1-3-17(14-8-6-5-7-9-14)18-15-10-12-16(13-11-15)21(19,20)4-2/h5-13,17-18H,3-4H2,1-2H3. The smallest absolute Gasteiger partial charge is 0.178 e. The predicted molar refractivity (Wildman–Crippen MR) is 87.3 cm³/mol. The van der Waals surface area contributed by atoms with Gasteiger partial charge in [-0.15, -0.1) is 0 Å². The minimum absolute atomic E-state index is 0.126. The molecule has 0 bridgehead atoms. The van der Waals surface area contributed by atoms with Gasteiger partial charge in [0.05, 0.1) is 16.7 Å². The van der Waals surface area contributed by atoms with Crippen LogP contribution >= 0.6 is 0 Å². The molecule has 0 aliphatic heterocycles. The molecule has 0 aliphatic carbocycles. The van der Waals surface area contributed by atoms with E-state index in [9.17, 15) is 8.42 Å². The summed E-state index contributed by atoms with van der Waals surface area (Å²) in [6.45, 7) is 3.78. The van der Waals surface area contributed by atoms with E-state index in [0.717, 1.165) is 12.1 Å². The molecule has 0 saturated heterocycles. The highest BCUT2D eigenvalue weighted by Crippen LogP contribution is 2.23. The van der Waals surface area contributed by atoms with Gasteiger partial charge in [-0.1, -0.05) is 44.2 Å². The van der Waals surface area contributed by atoms with E-state index in [4.69, 9.17) is 0 Å². The molecule has 0 fully saturated rings. The lowest BCUT2D eigenvalue weighted by Crippen LogP contribution is -2.10. The van der Waals surface area contributed by atoms with Crippen LogP contribution in [0.25, 0.3) is 0 Å². The van der Waals surface area contributed by atoms with E-state index in [0.29, 0.717) is 4.90 Å². The zero-order valence-electron chi connectivity index (χ0n) is 12.4. The zero-order chi connectivity index (χ0) is 15.3. The normalized spacial score (nSPS) is 12.9. The van der Waals surface area contributed by atoms with Crippen molar-refractivity contribution in [3.8, 4) is 0 Å². The maximum Gasteiger partial charge on any atom is 0.178 e. The number of sulfone groups is 1. The fraction of sp³-hybridized carbons (Fsp3) is 0.294. The van der Waals surface area contributed by atoms with Crippen LogP contribution in [-0.4, -0.2) is 14.2 Å². The molecule has 21 heavy (non-hydrogen) atoms. The molecule has 1 atom stereocenters. The van der Waals surface area contributed by atoms with Gasteiger partial charge >= 0.3 is 0 Å². The molecule has 2 aromatic carbocycles. The lowest BCUT2D eigenvalue weighted by atomic mass is 10.0. The number of rotatable bonds is 6. The first-order valence-electron chi connectivity index (χ1n) is 7.21. The van der Waals surface area contributed by atoms with Crippen molar-refractivity contribution in [1.82, 2.24) is 0 Å². The third-order valence-corrected chi connectivity index (χ3v) is 5.30. The third-order valence-electron chi connectivity index (χ3n) is 3.54. The highest BCUT2D eigenvalue weighted by molar-refractivity contribution is 7.91. The second-order valence-corrected chi connectivity index (χ2v) is 7.22. The molecule has 112 valence electrons. The molecule has 0 saturated carbocycles. The van der Waals surface area contributed by atoms with Crippen molar-refractivity contribution in [2.45, 2.75) is 31.2 Å². The van der Waals surface area contributed by atoms with Crippen LogP contribution in [0.15, 0.2) is 59.5 Å². The van der Waals surface area contributed by atoms with Crippen LogP contribution in [0.3, 0.4) is 0 Å². The van der Waals surface area contributed by atoms with Gasteiger partial charge in [0, 0.05) is 5.69 Å². The second-order valence-electron chi connectivity index (χ2n) is 4.94. The van der Waals surface area contributed by atoms with Crippen molar-refractivity contribution < 1.29 is 8.42 Å². The van der Waals surface area contributed by atoms with E-state index in [1.54, 1.807) is 19.1 Å². The van der Waals surface area contributed by atoms with Crippen LogP contribution in [0.2, 0.25) is 0 Å². The number of benzene rings is 2. The number of anilines is 1. The van der Waals surface area contributed by atoms with E-state index in [1.165, 1.54) is 5.56 Å². The molecule has 0 radical (unpaired) electrons. The maximum absolute atomic E-state index is 11.8. The van der Waals surface area contributed by atoms with E-state index in [1.807, 2.05) is 30.3 Å². The van der Waals surface area contributed by atoms with Crippen LogP contribution in [0.4, 0.5) is 5.69 Å². The molecular weight excluding hydrogens is 282 g/mol. The van der Waals surface area contributed by atoms with E-state index in [-0.39, 0.29) is 11.8 Å². The van der Waals surface area contributed by atoms with Gasteiger partial charge in [0.1, 0.15) is 0 Å². The molecule has 0 spiro atoms. The Hall–Kier alpha value is -1.81. The molecular formula is C17H21NO2S. The van der Waals surface area contributed by atoms with Crippen LogP contribution < -0.4 is 5.32 Å². The molecule has 0 aliphatic rings. The number of nitrogens with one attached hydrogen (secondary N) is 1. The van der Waals surface area contributed by atoms with Crippen molar-refractivity contribution in [3.05, 3.63) is 60.2 Å². The van der Waals surface area contributed by atoms with E-state index in [2.05, 4.69) is 24.4 Å². The van der Waals surface area contributed by atoms with E-state index < -0.39 is 9.84 Å². The van der Waals surface area contributed by atoms with Gasteiger partial charge in [0.15, 0.2) is 9.84 Å². The number of hydrogen-bond acceptors (Lipinski definition) is 3. The molecule has 2 aromatic rings. The summed E-state index contributed by atoms with van der Waals surface area (Å²) in [5.41, 5.74) is 2.16. The predicted octanol–water partition coefficient (Wildman–Crippen LogP) is 4.04. The topological polar surface area (TPSA) is 46.2 Å². The van der Waals surface area contributed by atoms with Crippen molar-refractivity contribution >= 4 is 15.5 Å². The summed E-state index contributed by atoms with van der Waals surface area (Å²) in [4.78, 5) is 0.378. The third kappa shape index (κ3) is 3.85. The fourth-order valence-corrected chi connectivity index (χ4v) is 3.12. The molecule has 0 aromatic heterocycles. The Morgan fingerprint density at radius 2 is 1.57 bits per heavy atom. The molecule has 0 heterocycles. The van der Waals surface area contributed by atoms with Gasteiger partial charge in [-0.2, -0.15) is 0 Å². The van der Waals surface area contributed by atoms with Crippen molar-refractivity contribution in [2.24, 2.45) is 0 Å². The minimum atomic E-state index is -3.13. The molecule has 1 unspecified atom stereocenters. The van der Waals surface area contributed by atoms with Gasteiger partial charge in [-0.3, -0.25) is 0 Å². The zero-order valence-corrected chi connectivity index (χ0v) is 13.2. The first kappa shape index (κ1) is 15.6. The summed E-state index contributed by atoms with van der Waals surface area (Å²) in [7, 11) is -3.13. The summed E-state index contributed by atoms with van der Waals surface area (Å²) in [5.74, 6) is 0.126. The second kappa shape index (κ2) is 6.76. The Labute approximate surface area is 126 Å². The summed E-state index contributed by atoms with van der Waals surface area (Å²) in [6.07, 6.45) is 0.957. The summed E-state index contributed by atoms with van der Waals surface area (Å²) in [5, 5.41) is 3.45. The maximum atomic E-state index is 11.8. The fourth-order valence-electron chi connectivity index (χ4n) is 2.23. The number of hydrogen-bond donors (Lipinski definition) is 1. The monoisotopic (exact) mass is 303 g/mol. The van der Waals surface area contributed by atoms with Gasteiger partial charge in [-0.25, -0.2) is 8.42 Å². The minimum Gasteiger partial charge on any atom is -0.378 e. The van der Waals surface area contributed by atoms with Crippen LogP contribution in [0.5, 0.6) is 0 Å². The average molecular weight is 303 g/mol. The highest BCUT2D eigenvalue weighted by Gasteiger charge is 2.12. The Morgan fingerprint density at radius 1 is 0.952 bits per heavy atom. The quantitative estimate of drug-likeness (QED) is 0.876. The van der Waals surface area contributed by atoms with Gasteiger partial charge in [-0.05, 0) is 36.2 Å². The largest absolute Gasteiger partial charge is 0.378 e.